The zero-order valence-corrected chi connectivity index (χ0v) is 18.9. The summed E-state index contributed by atoms with van der Waals surface area (Å²) in [6.45, 7) is 1.33. The van der Waals surface area contributed by atoms with E-state index in [0.29, 0.717) is 25.9 Å². The van der Waals surface area contributed by atoms with Gasteiger partial charge >= 0.3 is 0 Å². The van der Waals surface area contributed by atoms with E-state index in [4.69, 9.17) is 16.6 Å². The van der Waals surface area contributed by atoms with Crippen LogP contribution in [0.3, 0.4) is 0 Å². The third-order valence-corrected chi connectivity index (χ3v) is 9.05. The van der Waals surface area contributed by atoms with Gasteiger partial charge in [-0.1, -0.05) is 57.9 Å². The number of sulfone groups is 1. The molecule has 2 heterocycles. The molecule has 0 amide bonds. The van der Waals surface area contributed by atoms with E-state index in [1.807, 2.05) is 30.3 Å². The number of piperidine rings is 1. The highest BCUT2D eigenvalue weighted by molar-refractivity contribution is 9.10. The molecule has 3 aromatic rings. The Kier molecular flexibility index (Phi) is 5.78. The lowest BCUT2D eigenvalue weighted by atomic mass is 10.1. The van der Waals surface area contributed by atoms with Crippen LogP contribution in [-0.4, -0.2) is 31.7 Å². The number of rotatable bonds is 4. The number of hydrogen-bond acceptors (Lipinski definition) is 5. The number of anilines is 1. The molecule has 0 radical (unpaired) electrons. The largest absolute Gasteiger partial charge is 0.348 e. The van der Waals surface area contributed by atoms with Gasteiger partial charge in [-0.25, -0.2) is 13.4 Å². The molecule has 1 fully saturated rings. The molecule has 8 heteroatoms. The molecule has 1 saturated heterocycles. The summed E-state index contributed by atoms with van der Waals surface area (Å²) in [7, 11) is -3.45. The molecule has 0 bridgehead atoms. The minimum atomic E-state index is -3.45. The SMILES string of the molecule is O=S(=O)(c1ccc(Br)cc1Cl)C1CCN(c2nc(-c3ccccc3)cs2)CC1. The molecule has 2 aromatic carbocycles. The molecule has 0 saturated carbocycles. The summed E-state index contributed by atoms with van der Waals surface area (Å²) in [5.74, 6) is 0. The fourth-order valence-electron chi connectivity index (χ4n) is 3.39. The monoisotopic (exact) mass is 496 g/mol. The van der Waals surface area contributed by atoms with Crippen LogP contribution < -0.4 is 4.90 Å². The fourth-order valence-corrected chi connectivity index (χ4v) is 7.06. The summed E-state index contributed by atoms with van der Waals surface area (Å²) < 4.78 is 26.8. The second kappa shape index (κ2) is 8.14. The molecule has 146 valence electrons. The van der Waals surface area contributed by atoms with Crippen molar-refractivity contribution in [1.29, 1.82) is 0 Å². The minimum absolute atomic E-state index is 0.219. The first-order chi connectivity index (χ1) is 13.4. The van der Waals surface area contributed by atoms with Crippen molar-refractivity contribution in [1.82, 2.24) is 4.98 Å². The van der Waals surface area contributed by atoms with Gasteiger partial charge in [0, 0.05) is 28.5 Å². The summed E-state index contributed by atoms with van der Waals surface area (Å²) in [5.41, 5.74) is 2.05. The Morgan fingerprint density at radius 3 is 2.50 bits per heavy atom. The highest BCUT2D eigenvalue weighted by Gasteiger charge is 2.33. The van der Waals surface area contributed by atoms with Gasteiger partial charge in [0.15, 0.2) is 15.0 Å². The van der Waals surface area contributed by atoms with E-state index in [1.165, 1.54) is 0 Å². The van der Waals surface area contributed by atoms with Gasteiger partial charge in [-0.3, -0.25) is 0 Å². The molecule has 1 aliphatic heterocycles. The van der Waals surface area contributed by atoms with Gasteiger partial charge in [0.2, 0.25) is 0 Å². The second-order valence-corrected chi connectivity index (χ2v) is 11.0. The van der Waals surface area contributed by atoms with E-state index < -0.39 is 15.1 Å². The lowest BCUT2D eigenvalue weighted by Crippen LogP contribution is -2.39. The lowest BCUT2D eigenvalue weighted by molar-refractivity contribution is 0.529. The molecule has 0 aliphatic carbocycles. The third-order valence-electron chi connectivity index (χ3n) is 4.91. The summed E-state index contributed by atoms with van der Waals surface area (Å²) in [6.07, 6.45) is 1.13. The zero-order chi connectivity index (χ0) is 19.7. The smallest absolute Gasteiger partial charge is 0.185 e. The van der Waals surface area contributed by atoms with Gasteiger partial charge in [-0.2, -0.15) is 0 Å². The van der Waals surface area contributed by atoms with Crippen LogP contribution in [0.2, 0.25) is 5.02 Å². The molecule has 0 spiro atoms. The predicted octanol–water partition coefficient (Wildman–Crippen LogP) is 5.67. The number of benzene rings is 2. The summed E-state index contributed by atoms with van der Waals surface area (Å²) >= 11 is 11.1. The molecule has 0 unspecified atom stereocenters. The Labute approximate surface area is 182 Å². The Morgan fingerprint density at radius 2 is 1.82 bits per heavy atom. The molecule has 1 aromatic heterocycles. The first kappa shape index (κ1) is 19.9. The van der Waals surface area contributed by atoms with E-state index in [1.54, 1.807) is 29.5 Å². The van der Waals surface area contributed by atoms with Crippen LogP contribution in [0.5, 0.6) is 0 Å². The maximum absolute atomic E-state index is 13.0. The number of hydrogen-bond donors (Lipinski definition) is 0. The Bertz CT molecular complexity index is 1080. The quantitative estimate of drug-likeness (QED) is 0.466. The van der Waals surface area contributed by atoms with Gasteiger partial charge in [0.05, 0.1) is 20.9 Å². The highest BCUT2D eigenvalue weighted by Crippen LogP contribution is 2.34. The van der Waals surface area contributed by atoms with Crippen LogP contribution in [0.25, 0.3) is 11.3 Å². The van der Waals surface area contributed by atoms with Gasteiger partial charge in [0.1, 0.15) is 0 Å². The van der Waals surface area contributed by atoms with Crippen LogP contribution in [0.4, 0.5) is 5.13 Å². The van der Waals surface area contributed by atoms with Crippen molar-refractivity contribution < 1.29 is 8.42 Å². The van der Waals surface area contributed by atoms with E-state index in [2.05, 4.69) is 26.2 Å². The lowest BCUT2D eigenvalue weighted by Gasteiger charge is -2.31. The van der Waals surface area contributed by atoms with Crippen LogP contribution >= 0.6 is 38.9 Å². The molecule has 4 nitrogen and oxygen atoms in total. The van der Waals surface area contributed by atoms with E-state index >= 15 is 0 Å². The minimum Gasteiger partial charge on any atom is -0.348 e. The number of thiazole rings is 1. The molecule has 0 atom stereocenters. The van der Waals surface area contributed by atoms with Crippen molar-refractivity contribution in [3.63, 3.8) is 0 Å². The normalized spacial score (nSPS) is 15.7. The molecular formula is C20H18BrClN2O2S2. The molecule has 0 N–H and O–H groups in total. The van der Waals surface area contributed by atoms with Crippen molar-refractivity contribution in [3.05, 3.63) is 63.4 Å². The summed E-state index contributed by atoms with van der Waals surface area (Å²) in [6, 6.07) is 15.0. The number of aromatic nitrogens is 1. The highest BCUT2D eigenvalue weighted by atomic mass is 79.9. The predicted molar refractivity (Wildman–Crippen MR) is 119 cm³/mol. The fraction of sp³-hybridized carbons (Fsp3) is 0.250. The summed E-state index contributed by atoms with van der Waals surface area (Å²) in [5, 5.41) is 2.84. The van der Waals surface area contributed by atoms with Crippen molar-refractivity contribution in [2.45, 2.75) is 23.0 Å². The van der Waals surface area contributed by atoms with E-state index in [-0.39, 0.29) is 9.92 Å². The van der Waals surface area contributed by atoms with Gasteiger partial charge < -0.3 is 4.90 Å². The molecule has 1 aliphatic rings. The summed E-state index contributed by atoms with van der Waals surface area (Å²) in [4.78, 5) is 7.13. The number of nitrogens with zero attached hydrogens (tertiary/aromatic N) is 2. The Hall–Kier alpha value is -1.41. The Balaban J connectivity index is 1.47. The third kappa shape index (κ3) is 3.99. The first-order valence-electron chi connectivity index (χ1n) is 8.90. The zero-order valence-electron chi connectivity index (χ0n) is 14.9. The van der Waals surface area contributed by atoms with Crippen LogP contribution in [0.1, 0.15) is 12.8 Å². The second-order valence-electron chi connectivity index (χ2n) is 6.69. The topological polar surface area (TPSA) is 50.3 Å². The standard InChI is InChI=1S/C20H18BrClN2O2S2/c21-15-6-7-19(17(22)12-15)28(25,26)16-8-10-24(11-9-16)20-23-18(13-27-20)14-4-2-1-3-5-14/h1-7,12-13,16H,8-11H2. The Morgan fingerprint density at radius 1 is 1.11 bits per heavy atom. The van der Waals surface area contributed by atoms with Crippen molar-refractivity contribution in [2.75, 3.05) is 18.0 Å². The van der Waals surface area contributed by atoms with Crippen LogP contribution in [0, 0.1) is 0 Å². The maximum atomic E-state index is 13.0. The average Bonchev–Trinajstić information content (AvgIpc) is 3.19. The average molecular weight is 498 g/mol. The molecule has 28 heavy (non-hydrogen) atoms. The first-order valence-corrected chi connectivity index (χ1v) is 12.5. The van der Waals surface area contributed by atoms with E-state index in [9.17, 15) is 8.42 Å². The van der Waals surface area contributed by atoms with Crippen LogP contribution in [-0.2, 0) is 9.84 Å². The van der Waals surface area contributed by atoms with Gasteiger partial charge in [-0.15, -0.1) is 11.3 Å². The van der Waals surface area contributed by atoms with E-state index in [0.717, 1.165) is 20.9 Å². The van der Waals surface area contributed by atoms with Gasteiger partial charge in [0.25, 0.3) is 0 Å². The molecular weight excluding hydrogens is 480 g/mol. The maximum Gasteiger partial charge on any atom is 0.185 e. The molecule has 4 rings (SSSR count). The van der Waals surface area contributed by atoms with Crippen molar-refractivity contribution >= 4 is 53.8 Å². The van der Waals surface area contributed by atoms with Gasteiger partial charge in [-0.05, 0) is 31.0 Å². The van der Waals surface area contributed by atoms with Crippen LogP contribution in [0.15, 0.2) is 63.3 Å². The number of halogens is 2. The van der Waals surface area contributed by atoms with Crippen molar-refractivity contribution in [3.8, 4) is 11.3 Å². The van der Waals surface area contributed by atoms with Crippen molar-refractivity contribution in [2.24, 2.45) is 0 Å².